The maximum atomic E-state index is 13.4. The molecule has 1 amide bonds. The molecule has 98 valence electrons. The van der Waals surface area contributed by atoms with Crippen molar-refractivity contribution in [1.82, 2.24) is 0 Å². The summed E-state index contributed by atoms with van der Waals surface area (Å²) in [5.41, 5.74) is 0.468. The number of halogens is 2. The molecule has 0 bridgehead atoms. The summed E-state index contributed by atoms with van der Waals surface area (Å²) in [4.78, 5) is 11.7. The number of phenolic OH excluding ortho intramolecular Hbond substituents is 1. The molecular weight excluding hydrogens is 252 g/mol. The van der Waals surface area contributed by atoms with E-state index in [1.807, 2.05) is 0 Å². The van der Waals surface area contributed by atoms with Crippen molar-refractivity contribution in [3.8, 4) is 5.75 Å². The Morgan fingerprint density at radius 2 is 1.79 bits per heavy atom. The maximum absolute atomic E-state index is 13.4. The molecule has 0 aliphatic carbocycles. The van der Waals surface area contributed by atoms with Gasteiger partial charge in [-0.3, -0.25) is 4.79 Å². The van der Waals surface area contributed by atoms with E-state index < -0.39 is 17.5 Å². The third-order valence-corrected chi connectivity index (χ3v) is 2.53. The topological polar surface area (TPSA) is 49.3 Å². The number of carbonyl (C=O) groups excluding carboxylic acids is 1. The molecule has 2 rings (SSSR count). The fourth-order valence-corrected chi connectivity index (χ4v) is 1.61. The number of hydrogen-bond donors (Lipinski definition) is 2. The molecule has 0 saturated heterocycles. The number of phenols is 1. The zero-order valence-corrected chi connectivity index (χ0v) is 9.86. The third kappa shape index (κ3) is 3.28. The van der Waals surface area contributed by atoms with Crippen molar-refractivity contribution in [1.29, 1.82) is 0 Å². The first-order valence-corrected chi connectivity index (χ1v) is 5.58. The molecule has 0 aliphatic rings. The number of carbonyl (C=O) groups is 1. The number of anilines is 1. The molecule has 2 aromatic carbocycles. The highest BCUT2D eigenvalue weighted by Crippen LogP contribution is 2.15. The number of nitrogens with one attached hydrogen (secondary N) is 1. The Labute approximate surface area is 108 Å². The van der Waals surface area contributed by atoms with Gasteiger partial charge in [-0.15, -0.1) is 0 Å². The molecule has 2 N–H and O–H groups in total. The largest absolute Gasteiger partial charge is 0.508 e. The molecule has 2 aromatic rings. The van der Waals surface area contributed by atoms with Crippen LogP contribution in [-0.2, 0) is 11.2 Å². The lowest BCUT2D eigenvalue weighted by Crippen LogP contribution is -2.15. The SMILES string of the molecule is O=C(Cc1cccc(F)c1F)Nc1ccc(O)cc1. The van der Waals surface area contributed by atoms with Crippen molar-refractivity contribution in [3.63, 3.8) is 0 Å². The molecule has 0 saturated carbocycles. The van der Waals surface area contributed by atoms with Crippen LogP contribution in [0.4, 0.5) is 14.5 Å². The molecule has 5 heteroatoms. The number of aromatic hydroxyl groups is 1. The normalized spacial score (nSPS) is 10.2. The third-order valence-electron chi connectivity index (χ3n) is 2.53. The predicted octanol–water partition coefficient (Wildman–Crippen LogP) is 2.85. The Hall–Kier alpha value is -2.43. The molecule has 0 radical (unpaired) electrons. The Kier molecular flexibility index (Phi) is 3.75. The van der Waals surface area contributed by atoms with E-state index in [0.717, 1.165) is 6.07 Å². The van der Waals surface area contributed by atoms with Gasteiger partial charge in [-0.2, -0.15) is 0 Å². The highest BCUT2D eigenvalue weighted by Gasteiger charge is 2.11. The first-order valence-electron chi connectivity index (χ1n) is 5.58. The average Bonchev–Trinajstić information content (AvgIpc) is 2.38. The van der Waals surface area contributed by atoms with Crippen LogP contribution in [0.1, 0.15) is 5.56 Å². The van der Waals surface area contributed by atoms with E-state index in [4.69, 9.17) is 5.11 Å². The second kappa shape index (κ2) is 5.48. The van der Waals surface area contributed by atoms with Crippen LogP contribution < -0.4 is 5.32 Å². The van der Waals surface area contributed by atoms with E-state index in [2.05, 4.69) is 5.32 Å². The maximum Gasteiger partial charge on any atom is 0.228 e. The van der Waals surface area contributed by atoms with Gasteiger partial charge in [0.1, 0.15) is 5.75 Å². The zero-order chi connectivity index (χ0) is 13.8. The Balaban J connectivity index is 2.05. The highest BCUT2D eigenvalue weighted by atomic mass is 19.2. The first kappa shape index (κ1) is 13.0. The lowest BCUT2D eigenvalue weighted by molar-refractivity contribution is -0.115. The standard InChI is InChI=1S/C14H11F2NO2/c15-12-3-1-2-9(14(12)16)8-13(19)17-10-4-6-11(18)7-5-10/h1-7,18H,8H2,(H,17,19). The second-order valence-corrected chi connectivity index (χ2v) is 3.98. The van der Waals surface area contributed by atoms with E-state index in [1.54, 1.807) is 0 Å². The fourth-order valence-electron chi connectivity index (χ4n) is 1.61. The van der Waals surface area contributed by atoms with Crippen LogP contribution in [0.25, 0.3) is 0 Å². The Bertz CT molecular complexity index is 597. The fraction of sp³-hybridized carbons (Fsp3) is 0.0714. The van der Waals surface area contributed by atoms with Crippen LogP contribution in [-0.4, -0.2) is 11.0 Å². The smallest absolute Gasteiger partial charge is 0.228 e. The zero-order valence-electron chi connectivity index (χ0n) is 9.86. The van der Waals surface area contributed by atoms with Crippen molar-refractivity contribution in [2.24, 2.45) is 0 Å². The molecule has 0 fully saturated rings. The monoisotopic (exact) mass is 263 g/mol. The number of benzene rings is 2. The summed E-state index contributed by atoms with van der Waals surface area (Å²) in [7, 11) is 0. The molecule has 19 heavy (non-hydrogen) atoms. The molecule has 0 atom stereocenters. The van der Waals surface area contributed by atoms with Gasteiger partial charge in [0.25, 0.3) is 0 Å². The Morgan fingerprint density at radius 3 is 2.47 bits per heavy atom. The van der Waals surface area contributed by atoms with Gasteiger partial charge in [-0.05, 0) is 30.3 Å². The van der Waals surface area contributed by atoms with Gasteiger partial charge in [-0.25, -0.2) is 8.78 Å². The van der Waals surface area contributed by atoms with Crippen molar-refractivity contribution in [2.75, 3.05) is 5.32 Å². The lowest BCUT2D eigenvalue weighted by Gasteiger charge is -2.06. The van der Waals surface area contributed by atoms with Crippen molar-refractivity contribution in [3.05, 3.63) is 59.7 Å². The predicted molar refractivity (Wildman–Crippen MR) is 66.8 cm³/mol. The molecule has 0 aromatic heterocycles. The van der Waals surface area contributed by atoms with Crippen LogP contribution in [0.15, 0.2) is 42.5 Å². The van der Waals surface area contributed by atoms with Gasteiger partial charge in [0.2, 0.25) is 5.91 Å². The van der Waals surface area contributed by atoms with E-state index >= 15 is 0 Å². The van der Waals surface area contributed by atoms with E-state index in [-0.39, 0.29) is 17.7 Å². The minimum Gasteiger partial charge on any atom is -0.508 e. The van der Waals surface area contributed by atoms with Crippen molar-refractivity contribution >= 4 is 11.6 Å². The quantitative estimate of drug-likeness (QED) is 0.836. The van der Waals surface area contributed by atoms with Crippen LogP contribution in [0, 0.1) is 11.6 Å². The minimum atomic E-state index is -1.01. The van der Waals surface area contributed by atoms with Crippen LogP contribution in [0.3, 0.4) is 0 Å². The summed E-state index contributed by atoms with van der Waals surface area (Å²) in [5.74, 6) is -2.37. The number of amides is 1. The molecule has 3 nitrogen and oxygen atoms in total. The molecule has 0 spiro atoms. The van der Waals surface area contributed by atoms with Gasteiger partial charge in [0.15, 0.2) is 11.6 Å². The summed E-state index contributed by atoms with van der Waals surface area (Å²) >= 11 is 0. The Morgan fingerprint density at radius 1 is 1.11 bits per heavy atom. The summed E-state index contributed by atoms with van der Waals surface area (Å²) in [6.45, 7) is 0. The van der Waals surface area contributed by atoms with Gasteiger partial charge >= 0.3 is 0 Å². The van der Waals surface area contributed by atoms with E-state index in [0.29, 0.717) is 5.69 Å². The first-order chi connectivity index (χ1) is 9.06. The van der Waals surface area contributed by atoms with Crippen LogP contribution in [0.2, 0.25) is 0 Å². The van der Waals surface area contributed by atoms with E-state index in [1.165, 1.54) is 36.4 Å². The molecule has 0 unspecified atom stereocenters. The second-order valence-electron chi connectivity index (χ2n) is 3.98. The van der Waals surface area contributed by atoms with Gasteiger partial charge in [-0.1, -0.05) is 12.1 Å². The average molecular weight is 263 g/mol. The van der Waals surface area contributed by atoms with Crippen molar-refractivity contribution in [2.45, 2.75) is 6.42 Å². The number of rotatable bonds is 3. The lowest BCUT2D eigenvalue weighted by atomic mass is 10.1. The summed E-state index contributed by atoms with van der Waals surface area (Å²) in [5, 5.41) is 11.6. The van der Waals surface area contributed by atoms with Gasteiger partial charge in [0, 0.05) is 11.3 Å². The molecule has 0 heterocycles. The van der Waals surface area contributed by atoms with Crippen molar-refractivity contribution < 1.29 is 18.7 Å². The van der Waals surface area contributed by atoms with Gasteiger partial charge < -0.3 is 10.4 Å². The number of hydrogen-bond acceptors (Lipinski definition) is 2. The summed E-state index contributed by atoms with van der Waals surface area (Å²) < 4.78 is 26.3. The molecule has 0 aliphatic heterocycles. The highest BCUT2D eigenvalue weighted by molar-refractivity contribution is 5.92. The molecular formula is C14H11F2NO2. The minimum absolute atomic E-state index is 0.00345. The summed E-state index contributed by atoms with van der Waals surface area (Å²) in [6, 6.07) is 9.55. The van der Waals surface area contributed by atoms with Gasteiger partial charge in [0.05, 0.1) is 6.42 Å². The van der Waals surface area contributed by atoms with Crippen LogP contribution >= 0.6 is 0 Å². The van der Waals surface area contributed by atoms with Crippen LogP contribution in [0.5, 0.6) is 5.75 Å². The van der Waals surface area contributed by atoms with E-state index in [9.17, 15) is 13.6 Å². The summed E-state index contributed by atoms with van der Waals surface area (Å²) in [6.07, 6.45) is -0.259.